The number of fused-ring (bicyclic) bond motifs is 2. The minimum absolute atomic E-state index is 0.00636. The Morgan fingerprint density at radius 1 is 1.03 bits per heavy atom. The van der Waals surface area contributed by atoms with Gasteiger partial charge in [0, 0.05) is 11.3 Å². The molecule has 0 aliphatic carbocycles. The zero-order valence-corrected chi connectivity index (χ0v) is 17.5. The van der Waals surface area contributed by atoms with E-state index in [1.54, 1.807) is 37.3 Å². The van der Waals surface area contributed by atoms with Crippen molar-refractivity contribution in [3.8, 4) is 28.6 Å². The van der Waals surface area contributed by atoms with E-state index in [1.165, 1.54) is 24.3 Å². The van der Waals surface area contributed by atoms with Gasteiger partial charge in [-0.2, -0.15) is 0 Å². The average molecular weight is 453 g/mol. The maximum atomic E-state index is 13.5. The Bertz CT molecular complexity index is 1470. The molecular weight excluding hydrogens is 437 g/mol. The highest BCUT2D eigenvalue weighted by Gasteiger charge is 2.20. The molecule has 2 heterocycles. The zero-order chi connectivity index (χ0) is 22.4. The standard InChI is InChI=1S/C23H16FNO6S/c1-12-8-15(4-5-17(12)24)32(28)25-14-3-7-18-16(10-14)21(26)22(27)23(31-18)13-2-6-19-20(9-13)30-11-29-19/h2-10,25,27H,11H2,1H3. The second kappa shape index (κ2) is 7.69. The molecule has 5 rings (SSSR count). The summed E-state index contributed by atoms with van der Waals surface area (Å²) < 4.78 is 45.3. The fourth-order valence-electron chi connectivity index (χ4n) is 3.38. The normalized spacial score (nSPS) is 13.3. The number of nitrogens with one attached hydrogen (secondary N) is 1. The van der Waals surface area contributed by atoms with E-state index < -0.39 is 22.2 Å². The molecule has 1 atom stereocenters. The molecule has 1 unspecified atom stereocenters. The van der Waals surface area contributed by atoms with E-state index >= 15 is 0 Å². The zero-order valence-electron chi connectivity index (χ0n) is 16.7. The Balaban J connectivity index is 1.50. The van der Waals surface area contributed by atoms with E-state index in [2.05, 4.69) is 4.72 Å². The largest absolute Gasteiger partial charge is 0.502 e. The van der Waals surface area contributed by atoms with E-state index in [0.29, 0.717) is 33.2 Å². The van der Waals surface area contributed by atoms with Crippen LogP contribution in [-0.2, 0) is 11.0 Å². The van der Waals surface area contributed by atoms with E-state index in [-0.39, 0.29) is 29.3 Å². The molecule has 0 bridgehead atoms. The molecule has 1 aliphatic heterocycles. The smallest absolute Gasteiger partial charge is 0.235 e. The molecule has 2 N–H and O–H groups in total. The first-order chi connectivity index (χ1) is 15.4. The predicted octanol–water partition coefficient (Wildman–Crippen LogP) is 4.48. The first kappa shape index (κ1) is 20.1. The second-order valence-electron chi connectivity index (χ2n) is 7.17. The van der Waals surface area contributed by atoms with Crippen molar-refractivity contribution in [3.63, 3.8) is 0 Å². The van der Waals surface area contributed by atoms with Gasteiger partial charge in [0.1, 0.15) is 22.4 Å². The van der Waals surface area contributed by atoms with E-state index in [0.717, 1.165) is 0 Å². The van der Waals surface area contributed by atoms with Gasteiger partial charge in [0.05, 0.1) is 10.3 Å². The lowest BCUT2D eigenvalue weighted by atomic mass is 10.1. The highest BCUT2D eigenvalue weighted by Crippen LogP contribution is 2.38. The van der Waals surface area contributed by atoms with Crippen LogP contribution in [0.3, 0.4) is 0 Å². The van der Waals surface area contributed by atoms with Gasteiger partial charge < -0.3 is 23.7 Å². The number of rotatable bonds is 4. The number of benzene rings is 3. The molecule has 0 spiro atoms. The third-order valence-corrected chi connectivity index (χ3v) is 6.16. The molecule has 3 aromatic carbocycles. The van der Waals surface area contributed by atoms with Gasteiger partial charge in [-0.1, -0.05) is 0 Å². The summed E-state index contributed by atoms with van der Waals surface area (Å²) in [4.78, 5) is 13.2. The average Bonchev–Trinajstić information content (AvgIpc) is 3.26. The number of ether oxygens (including phenoxy) is 2. The molecular formula is C23H16FNO6S. The molecule has 0 saturated heterocycles. The molecule has 0 fully saturated rings. The molecule has 1 aliphatic rings. The lowest BCUT2D eigenvalue weighted by molar-refractivity contribution is 0.174. The Morgan fingerprint density at radius 2 is 1.84 bits per heavy atom. The molecule has 7 nitrogen and oxygen atoms in total. The first-order valence-electron chi connectivity index (χ1n) is 9.55. The summed E-state index contributed by atoms with van der Waals surface area (Å²) in [6, 6.07) is 13.7. The second-order valence-corrected chi connectivity index (χ2v) is 8.38. The maximum absolute atomic E-state index is 13.5. The number of hydrogen-bond donors (Lipinski definition) is 2. The quantitative estimate of drug-likeness (QED) is 0.473. The van der Waals surface area contributed by atoms with Crippen LogP contribution in [0, 0.1) is 12.7 Å². The molecule has 0 radical (unpaired) electrons. The van der Waals surface area contributed by atoms with Crippen LogP contribution in [-0.4, -0.2) is 16.1 Å². The van der Waals surface area contributed by atoms with Crippen molar-refractivity contribution < 1.29 is 27.6 Å². The predicted molar refractivity (Wildman–Crippen MR) is 117 cm³/mol. The summed E-state index contributed by atoms with van der Waals surface area (Å²) in [7, 11) is -1.68. The van der Waals surface area contributed by atoms with Gasteiger partial charge >= 0.3 is 0 Å². The molecule has 9 heteroatoms. The molecule has 0 amide bonds. The molecule has 162 valence electrons. The van der Waals surface area contributed by atoms with Crippen LogP contribution in [0.4, 0.5) is 10.1 Å². The van der Waals surface area contributed by atoms with Crippen LogP contribution in [0.15, 0.2) is 68.7 Å². The van der Waals surface area contributed by atoms with Crippen molar-refractivity contribution >= 4 is 27.6 Å². The minimum atomic E-state index is -1.68. The van der Waals surface area contributed by atoms with Crippen LogP contribution in [0.1, 0.15) is 5.56 Å². The summed E-state index contributed by atoms with van der Waals surface area (Å²) in [5.74, 6) is 0.123. The number of hydrogen-bond acceptors (Lipinski definition) is 6. The summed E-state index contributed by atoms with van der Waals surface area (Å²) in [5.41, 5.74) is 0.819. The SMILES string of the molecule is Cc1cc(S(=O)Nc2ccc3oc(-c4ccc5c(c4)OCO5)c(O)c(=O)c3c2)ccc1F. The van der Waals surface area contributed by atoms with Crippen molar-refractivity contribution in [1.82, 2.24) is 0 Å². The fraction of sp³-hybridized carbons (Fsp3) is 0.0870. The number of aryl methyl sites for hydroxylation is 1. The molecule has 0 saturated carbocycles. The summed E-state index contributed by atoms with van der Waals surface area (Å²) >= 11 is 0. The highest BCUT2D eigenvalue weighted by atomic mass is 32.2. The van der Waals surface area contributed by atoms with E-state index in [1.807, 2.05) is 0 Å². The van der Waals surface area contributed by atoms with Crippen molar-refractivity contribution in [3.05, 3.63) is 76.2 Å². The minimum Gasteiger partial charge on any atom is -0.502 e. The van der Waals surface area contributed by atoms with Gasteiger partial charge in [0.15, 0.2) is 17.3 Å². The molecule has 4 aromatic rings. The number of anilines is 1. The third-order valence-electron chi connectivity index (χ3n) is 5.06. The fourth-order valence-corrected chi connectivity index (χ4v) is 4.32. The Morgan fingerprint density at radius 3 is 2.66 bits per heavy atom. The van der Waals surface area contributed by atoms with Gasteiger partial charge in [-0.3, -0.25) is 4.79 Å². The Labute approximate surface area is 183 Å². The third kappa shape index (κ3) is 3.46. The summed E-state index contributed by atoms with van der Waals surface area (Å²) in [6.45, 7) is 1.68. The van der Waals surface area contributed by atoms with Crippen LogP contribution < -0.4 is 19.6 Å². The highest BCUT2D eigenvalue weighted by molar-refractivity contribution is 7.86. The van der Waals surface area contributed by atoms with E-state index in [4.69, 9.17) is 13.9 Å². The van der Waals surface area contributed by atoms with Gasteiger partial charge in [0.2, 0.25) is 18.0 Å². The van der Waals surface area contributed by atoms with Crippen LogP contribution in [0.5, 0.6) is 17.2 Å². The topological polar surface area (TPSA) is 98.0 Å². The number of aromatic hydroxyl groups is 1. The van der Waals surface area contributed by atoms with Gasteiger partial charge in [-0.15, -0.1) is 0 Å². The maximum Gasteiger partial charge on any atom is 0.235 e. The number of halogens is 1. The van der Waals surface area contributed by atoms with Crippen molar-refractivity contribution in [1.29, 1.82) is 0 Å². The van der Waals surface area contributed by atoms with Crippen molar-refractivity contribution in [2.45, 2.75) is 11.8 Å². The molecule has 32 heavy (non-hydrogen) atoms. The Hall–Kier alpha value is -3.85. The van der Waals surface area contributed by atoms with Crippen LogP contribution in [0.25, 0.3) is 22.3 Å². The Kier molecular flexibility index (Phi) is 4.82. The van der Waals surface area contributed by atoms with Crippen molar-refractivity contribution in [2.24, 2.45) is 0 Å². The summed E-state index contributed by atoms with van der Waals surface area (Å²) in [6.07, 6.45) is 0. The lowest BCUT2D eigenvalue weighted by Crippen LogP contribution is -2.07. The van der Waals surface area contributed by atoms with Crippen LogP contribution >= 0.6 is 0 Å². The molecule has 1 aromatic heterocycles. The van der Waals surface area contributed by atoms with Gasteiger partial charge in [-0.05, 0) is 67.1 Å². The van der Waals surface area contributed by atoms with E-state index in [9.17, 15) is 18.5 Å². The van der Waals surface area contributed by atoms with Gasteiger partial charge in [-0.25, -0.2) is 8.60 Å². The van der Waals surface area contributed by atoms with Crippen LogP contribution in [0.2, 0.25) is 0 Å². The summed E-state index contributed by atoms with van der Waals surface area (Å²) in [5, 5.41) is 10.6. The van der Waals surface area contributed by atoms with Gasteiger partial charge in [0.25, 0.3) is 0 Å². The lowest BCUT2D eigenvalue weighted by Gasteiger charge is -2.10. The first-order valence-corrected chi connectivity index (χ1v) is 10.7. The monoisotopic (exact) mass is 453 g/mol. The van der Waals surface area contributed by atoms with Crippen molar-refractivity contribution in [2.75, 3.05) is 11.5 Å².